The summed E-state index contributed by atoms with van der Waals surface area (Å²) in [4.78, 5) is 30.5. The Labute approximate surface area is 210 Å². The van der Waals surface area contributed by atoms with E-state index < -0.39 is 0 Å². The number of unbranched alkanes of at least 4 members (excludes halogenated alkanes) is 1. The number of carbonyl (C=O) groups is 1. The number of aromatic amines is 2. The van der Waals surface area contributed by atoms with Gasteiger partial charge < -0.3 is 10.3 Å². The fraction of sp³-hybridized carbons (Fsp3) is 0.148. The Morgan fingerprint density at radius 2 is 2.08 bits per heavy atom. The summed E-state index contributed by atoms with van der Waals surface area (Å²) in [7, 11) is 0. The largest absolute Gasteiger partial charge is 0.338 e. The average molecular weight is 494 g/mol. The molecule has 9 heteroatoms. The van der Waals surface area contributed by atoms with Crippen LogP contribution in [-0.2, 0) is 4.79 Å². The topological polar surface area (TPSA) is 112 Å². The predicted molar refractivity (Wildman–Crippen MR) is 144 cm³/mol. The zero-order valence-electron chi connectivity index (χ0n) is 19.6. The molecule has 3 N–H and O–H groups in total. The van der Waals surface area contributed by atoms with Crippen molar-refractivity contribution in [3.8, 4) is 33.1 Å². The molecule has 0 fully saturated rings. The van der Waals surface area contributed by atoms with E-state index in [-0.39, 0.29) is 5.91 Å². The fourth-order valence-corrected chi connectivity index (χ4v) is 5.02. The first-order valence-electron chi connectivity index (χ1n) is 11.8. The molecule has 1 amide bonds. The van der Waals surface area contributed by atoms with Gasteiger partial charge in [-0.15, -0.1) is 11.3 Å². The minimum Gasteiger partial charge on any atom is -0.338 e. The third-order valence-electron chi connectivity index (χ3n) is 6.06. The van der Waals surface area contributed by atoms with Crippen molar-refractivity contribution >= 4 is 45.0 Å². The molecule has 6 rings (SSSR count). The molecule has 0 bridgehead atoms. The summed E-state index contributed by atoms with van der Waals surface area (Å²) in [5, 5.41) is 13.7. The van der Waals surface area contributed by atoms with Crippen molar-refractivity contribution in [2.75, 3.05) is 5.32 Å². The Morgan fingerprint density at radius 1 is 1.14 bits per heavy atom. The molecule has 36 heavy (non-hydrogen) atoms. The van der Waals surface area contributed by atoms with E-state index in [1.165, 1.54) is 4.88 Å². The van der Waals surface area contributed by atoms with Crippen LogP contribution in [-0.4, -0.2) is 36.0 Å². The normalized spacial score (nSPS) is 11.4. The number of fused-ring (bicyclic) bond motifs is 2. The maximum Gasteiger partial charge on any atom is 0.224 e. The first-order chi connectivity index (χ1) is 17.7. The maximum atomic E-state index is 12.2. The highest BCUT2D eigenvalue weighted by Gasteiger charge is 2.16. The minimum absolute atomic E-state index is 0.00864. The Bertz CT molecular complexity index is 1680. The van der Waals surface area contributed by atoms with Crippen LogP contribution in [0.25, 0.3) is 55.2 Å². The van der Waals surface area contributed by atoms with E-state index >= 15 is 0 Å². The van der Waals surface area contributed by atoms with E-state index in [1.807, 2.05) is 36.5 Å². The van der Waals surface area contributed by atoms with Crippen molar-refractivity contribution in [3.63, 3.8) is 0 Å². The van der Waals surface area contributed by atoms with Crippen LogP contribution in [0.3, 0.4) is 0 Å². The van der Waals surface area contributed by atoms with Gasteiger partial charge in [-0.25, -0.2) is 9.97 Å². The molecule has 178 valence electrons. The van der Waals surface area contributed by atoms with Gasteiger partial charge in [0.15, 0.2) is 0 Å². The van der Waals surface area contributed by atoms with Crippen LogP contribution < -0.4 is 5.32 Å². The van der Waals surface area contributed by atoms with Crippen molar-refractivity contribution in [1.29, 1.82) is 0 Å². The van der Waals surface area contributed by atoms with Crippen molar-refractivity contribution in [2.24, 2.45) is 0 Å². The molecule has 0 spiro atoms. The van der Waals surface area contributed by atoms with Gasteiger partial charge in [0, 0.05) is 40.2 Å². The van der Waals surface area contributed by atoms with Crippen LogP contribution in [0.4, 0.5) is 5.69 Å². The molecule has 0 aliphatic carbocycles. The minimum atomic E-state index is -0.00864. The summed E-state index contributed by atoms with van der Waals surface area (Å²) in [5.74, 6) is -0.00864. The van der Waals surface area contributed by atoms with E-state index in [1.54, 1.807) is 23.7 Å². The van der Waals surface area contributed by atoms with Crippen LogP contribution in [0, 0.1) is 0 Å². The highest BCUT2D eigenvalue weighted by atomic mass is 32.1. The summed E-state index contributed by atoms with van der Waals surface area (Å²) in [5.41, 5.74) is 7.29. The average Bonchev–Trinajstić information content (AvgIpc) is 3.66. The molecule has 0 aliphatic heterocycles. The lowest BCUT2D eigenvalue weighted by Gasteiger charge is -2.07. The van der Waals surface area contributed by atoms with E-state index in [0.29, 0.717) is 12.1 Å². The lowest BCUT2D eigenvalue weighted by molar-refractivity contribution is -0.116. The molecule has 0 atom stereocenters. The number of H-pyrrole nitrogens is 2. The number of hydrogen-bond acceptors (Lipinski definition) is 6. The monoisotopic (exact) mass is 493 g/mol. The van der Waals surface area contributed by atoms with Gasteiger partial charge in [-0.3, -0.25) is 14.9 Å². The van der Waals surface area contributed by atoms with Gasteiger partial charge in [0.2, 0.25) is 5.91 Å². The third-order valence-corrected chi connectivity index (χ3v) is 6.96. The summed E-state index contributed by atoms with van der Waals surface area (Å²) in [6.07, 6.45) is 7.55. The quantitative estimate of drug-likeness (QED) is 0.237. The molecule has 6 aromatic heterocycles. The first kappa shape index (κ1) is 22.1. The summed E-state index contributed by atoms with van der Waals surface area (Å²) < 4.78 is 0. The second-order valence-electron chi connectivity index (χ2n) is 8.56. The van der Waals surface area contributed by atoms with Gasteiger partial charge in [0.05, 0.1) is 28.8 Å². The molecular formula is C27H23N7OS. The smallest absolute Gasteiger partial charge is 0.224 e. The number of amides is 1. The highest BCUT2D eigenvalue weighted by Crippen LogP contribution is 2.35. The molecule has 0 saturated heterocycles. The number of pyridine rings is 3. The van der Waals surface area contributed by atoms with Crippen LogP contribution in [0.5, 0.6) is 0 Å². The third kappa shape index (κ3) is 4.14. The Morgan fingerprint density at radius 3 is 2.94 bits per heavy atom. The molecule has 0 aromatic carbocycles. The Balaban J connectivity index is 1.37. The summed E-state index contributed by atoms with van der Waals surface area (Å²) in [6.45, 7) is 2.07. The van der Waals surface area contributed by atoms with Gasteiger partial charge in [-0.05, 0) is 48.2 Å². The second-order valence-corrected chi connectivity index (χ2v) is 9.51. The summed E-state index contributed by atoms with van der Waals surface area (Å²) >= 11 is 1.70. The van der Waals surface area contributed by atoms with E-state index in [4.69, 9.17) is 4.98 Å². The van der Waals surface area contributed by atoms with E-state index in [2.05, 4.69) is 54.9 Å². The molecule has 6 aromatic rings. The Kier molecular flexibility index (Phi) is 5.74. The van der Waals surface area contributed by atoms with Crippen molar-refractivity contribution in [2.45, 2.75) is 26.2 Å². The van der Waals surface area contributed by atoms with Crippen LogP contribution >= 0.6 is 11.3 Å². The number of carbonyl (C=O) groups excluding carboxylic acids is 1. The lowest BCUT2D eigenvalue weighted by Crippen LogP contribution is -2.11. The number of hydrogen-bond donors (Lipinski definition) is 3. The van der Waals surface area contributed by atoms with Crippen molar-refractivity contribution in [3.05, 3.63) is 66.4 Å². The molecular weight excluding hydrogens is 470 g/mol. The second kappa shape index (κ2) is 9.35. The fourth-order valence-electron chi connectivity index (χ4n) is 4.26. The van der Waals surface area contributed by atoms with Crippen LogP contribution in [0.2, 0.25) is 0 Å². The molecule has 6 heterocycles. The van der Waals surface area contributed by atoms with Crippen LogP contribution in [0.15, 0.2) is 66.4 Å². The van der Waals surface area contributed by atoms with E-state index in [0.717, 1.165) is 63.1 Å². The standard InChI is InChI=1S/C27H23N7OS/c1-2-3-6-24(35)30-17-12-16(14-28-15-17)20-7-8-21-25(31-20)26(34-33-21)22-13-19-18(23-5-4-11-36-23)9-10-29-27(19)32-22/h4-5,7-15H,2-3,6H2,1H3,(H,29,32)(H,30,35)(H,33,34). The highest BCUT2D eigenvalue weighted by molar-refractivity contribution is 7.13. The number of rotatable bonds is 7. The van der Waals surface area contributed by atoms with Gasteiger partial charge in [0.25, 0.3) is 0 Å². The van der Waals surface area contributed by atoms with Crippen molar-refractivity contribution < 1.29 is 4.79 Å². The predicted octanol–water partition coefficient (Wildman–Crippen LogP) is 6.42. The molecule has 0 radical (unpaired) electrons. The van der Waals surface area contributed by atoms with Crippen molar-refractivity contribution in [1.82, 2.24) is 30.1 Å². The SMILES string of the molecule is CCCCC(=O)Nc1cncc(-c2ccc3[nH]nc(-c4cc5c(-c6cccs6)ccnc5[nH]4)c3n2)c1. The summed E-state index contributed by atoms with van der Waals surface area (Å²) in [6, 6.07) is 14.0. The molecule has 0 aliphatic rings. The van der Waals surface area contributed by atoms with Gasteiger partial charge >= 0.3 is 0 Å². The molecule has 0 saturated carbocycles. The number of thiophene rings is 1. The molecule has 0 unspecified atom stereocenters. The van der Waals surface area contributed by atoms with E-state index in [9.17, 15) is 4.79 Å². The van der Waals surface area contributed by atoms with Gasteiger partial charge in [-0.2, -0.15) is 5.10 Å². The van der Waals surface area contributed by atoms with Gasteiger partial charge in [-0.1, -0.05) is 19.4 Å². The van der Waals surface area contributed by atoms with Crippen LogP contribution in [0.1, 0.15) is 26.2 Å². The number of anilines is 1. The first-order valence-corrected chi connectivity index (χ1v) is 12.7. The number of nitrogens with zero attached hydrogens (tertiary/aromatic N) is 4. The Hall–Kier alpha value is -4.37. The zero-order valence-corrected chi connectivity index (χ0v) is 20.4. The number of nitrogens with one attached hydrogen (secondary N) is 3. The zero-order chi connectivity index (χ0) is 24.5. The maximum absolute atomic E-state index is 12.2. The number of aromatic nitrogens is 6. The van der Waals surface area contributed by atoms with Gasteiger partial charge in [0.1, 0.15) is 16.9 Å². The lowest BCUT2D eigenvalue weighted by atomic mass is 10.1. The molecule has 8 nitrogen and oxygen atoms in total.